The Balaban J connectivity index is 1.53. The van der Waals surface area contributed by atoms with Crippen molar-refractivity contribution in [2.75, 3.05) is 5.32 Å². The molecule has 3 heterocycles. The number of nitrogens with zero attached hydrogens (tertiary/aromatic N) is 3. The van der Waals surface area contributed by atoms with Crippen LogP contribution in [0.4, 0.5) is 5.69 Å². The second kappa shape index (κ2) is 6.34. The highest BCUT2D eigenvalue weighted by Crippen LogP contribution is 2.30. The Morgan fingerprint density at radius 3 is 2.83 bits per heavy atom. The molecular weight excluding hydrogens is 366 g/mol. The molecule has 0 radical (unpaired) electrons. The largest absolute Gasteiger partial charge is 0.472 e. The minimum atomic E-state index is -0.140. The Morgan fingerprint density at radius 1 is 1.17 bits per heavy atom. The van der Waals surface area contributed by atoms with Gasteiger partial charge >= 0.3 is 0 Å². The Morgan fingerprint density at radius 2 is 2.03 bits per heavy atom. The first-order valence-corrected chi connectivity index (χ1v) is 9.27. The zero-order valence-electron chi connectivity index (χ0n) is 16.3. The van der Waals surface area contributed by atoms with E-state index in [-0.39, 0.29) is 5.91 Å². The molecule has 2 aromatic carbocycles. The van der Waals surface area contributed by atoms with Gasteiger partial charge < -0.3 is 9.73 Å². The molecule has 7 heteroatoms. The van der Waals surface area contributed by atoms with E-state index >= 15 is 0 Å². The van der Waals surface area contributed by atoms with E-state index in [1.165, 1.54) is 0 Å². The Hall–Kier alpha value is -3.87. The van der Waals surface area contributed by atoms with E-state index in [1.807, 2.05) is 55.9 Å². The van der Waals surface area contributed by atoms with Crippen LogP contribution in [0.1, 0.15) is 21.5 Å². The molecule has 29 heavy (non-hydrogen) atoms. The van der Waals surface area contributed by atoms with Gasteiger partial charge in [-0.15, -0.1) is 0 Å². The van der Waals surface area contributed by atoms with Crippen molar-refractivity contribution in [3.63, 3.8) is 0 Å². The molecule has 7 nitrogen and oxygen atoms in total. The lowest BCUT2D eigenvalue weighted by molar-refractivity contribution is 0.102. The second-order valence-corrected chi connectivity index (χ2v) is 7.19. The van der Waals surface area contributed by atoms with Gasteiger partial charge in [-0.05, 0) is 55.3 Å². The normalized spacial score (nSPS) is 11.4. The van der Waals surface area contributed by atoms with Crippen LogP contribution >= 0.6 is 0 Å². The summed E-state index contributed by atoms with van der Waals surface area (Å²) < 4.78 is 6.99. The number of H-pyrrole nitrogens is 1. The summed E-state index contributed by atoms with van der Waals surface area (Å²) in [4.78, 5) is 13.1. The summed E-state index contributed by atoms with van der Waals surface area (Å²) in [5, 5.41) is 16.6. The minimum Gasteiger partial charge on any atom is -0.472 e. The fraction of sp³-hybridized carbons (Fsp3) is 0.136. The van der Waals surface area contributed by atoms with Crippen LogP contribution in [0.3, 0.4) is 0 Å². The molecule has 1 amide bonds. The summed E-state index contributed by atoms with van der Waals surface area (Å²) in [6, 6.07) is 9.56. The van der Waals surface area contributed by atoms with Gasteiger partial charge in [0.05, 0.1) is 29.8 Å². The number of aromatic nitrogens is 4. The quantitative estimate of drug-likeness (QED) is 0.476. The molecule has 5 aromatic rings. The number of hydrogen-bond acceptors (Lipinski definition) is 4. The third kappa shape index (κ3) is 2.70. The molecule has 0 aliphatic heterocycles. The topological polar surface area (TPSA) is 88.7 Å². The predicted octanol–water partition coefficient (Wildman–Crippen LogP) is 4.58. The van der Waals surface area contributed by atoms with Crippen molar-refractivity contribution in [1.29, 1.82) is 0 Å². The van der Waals surface area contributed by atoms with E-state index in [4.69, 9.17) is 4.42 Å². The highest BCUT2D eigenvalue weighted by Gasteiger charge is 2.18. The standard InChI is InChI=1S/C22H19N5O2/c1-12-8-19-17(10-23-27(19)3)13(2)20(12)22(28)24-15-4-5-18-16(9-15)21(26-25-18)14-6-7-29-11-14/h4-11H,1-3H3,(H,24,28)(H,25,26). The lowest BCUT2D eigenvalue weighted by atomic mass is 9.98. The van der Waals surface area contributed by atoms with Crippen molar-refractivity contribution in [3.8, 4) is 11.3 Å². The van der Waals surface area contributed by atoms with Crippen LogP contribution in [0.5, 0.6) is 0 Å². The maximum Gasteiger partial charge on any atom is 0.256 e. The molecule has 0 spiro atoms. The maximum atomic E-state index is 13.1. The van der Waals surface area contributed by atoms with Crippen molar-refractivity contribution in [3.05, 3.63) is 65.7 Å². The van der Waals surface area contributed by atoms with Gasteiger partial charge in [-0.1, -0.05) is 0 Å². The van der Waals surface area contributed by atoms with E-state index in [0.717, 1.165) is 44.2 Å². The van der Waals surface area contributed by atoms with Gasteiger partial charge in [-0.25, -0.2) is 0 Å². The first-order chi connectivity index (χ1) is 14.0. The Bertz CT molecular complexity index is 1380. The average Bonchev–Trinajstić information content (AvgIpc) is 3.42. The predicted molar refractivity (Wildman–Crippen MR) is 112 cm³/mol. The van der Waals surface area contributed by atoms with Gasteiger partial charge in [0.1, 0.15) is 5.69 Å². The third-order valence-corrected chi connectivity index (χ3v) is 5.35. The van der Waals surface area contributed by atoms with E-state index in [1.54, 1.807) is 18.7 Å². The minimum absolute atomic E-state index is 0.140. The molecule has 0 aliphatic rings. The van der Waals surface area contributed by atoms with E-state index < -0.39 is 0 Å². The van der Waals surface area contributed by atoms with Crippen LogP contribution in [0, 0.1) is 13.8 Å². The lowest BCUT2D eigenvalue weighted by Crippen LogP contribution is -2.15. The lowest BCUT2D eigenvalue weighted by Gasteiger charge is -2.12. The number of fused-ring (bicyclic) bond motifs is 2. The molecule has 0 unspecified atom stereocenters. The van der Waals surface area contributed by atoms with E-state index in [0.29, 0.717) is 11.3 Å². The average molecular weight is 385 g/mol. The maximum absolute atomic E-state index is 13.1. The number of furan rings is 1. The van der Waals surface area contributed by atoms with Crippen molar-refractivity contribution >= 4 is 33.4 Å². The van der Waals surface area contributed by atoms with Gasteiger partial charge in [-0.2, -0.15) is 10.2 Å². The molecule has 5 rings (SSSR count). The summed E-state index contributed by atoms with van der Waals surface area (Å²) in [5.74, 6) is -0.140. The SMILES string of the molecule is Cc1cc2c(cnn2C)c(C)c1C(=O)Nc1ccc2[nH]nc(-c3ccoc3)c2c1. The smallest absolute Gasteiger partial charge is 0.256 e. The molecule has 0 fully saturated rings. The fourth-order valence-corrected chi connectivity index (χ4v) is 3.87. The number of rotatable bonds is 3. The van der Waals surface area contributed by atoms with Crippen LogP contribution in [0.2, 0.25) is 0 Å². The highest BCUT2D eigenvalue weighted by molar-refractivity contribution is 6.10. The number of aromatic amines is 1. The van der Waals surface area contributed by atoms with Gasteiger partial charge in [0.2, 0.25) is 0 Å². The summed E-state index contributed by atoms with van der Waals surface area (Å²) in [5.41, 5.74) is 6.80. The molecule has 2 N–H and O–H groups in total. The molecule has 3 aromatic heterocycles. The number of amides is 1. The number of hydrogen-bond donors (Lipinski definition) is 2. The number of aryl methyl sites for hydroxylation is 3. The summed E-state index contributed by atoms with van der Waals surface area (Å²) >= 11 is 0. The molecule has 0 bridgehead atoms. The molecule has 0 saturated heterocycles. The highest BCUT2D eigenvalue weighted by atomic mass is 16.3. The van der Waals surface area contributed by atoms with Gasteiger partial charge in [0, 0.05) is 34.6 Å². The molecule has 0 saturated carbocycles. The summed E-state index contributed by atoms with van der Waals surface area (Å²) in [6.07, 6.45) is 5.06. The van der Waals surface area contributed by atoms with Crippen LogP contribution in [0.25, 0.3) is 33.1 Å². The molecule has 0 atom stereocenters. The van der Waals surface area contributed by atoms with Crippen LogP contribution < -0.4 is 5.32 Å². The summed E-state index contributed by atoms with van der Waals surface area (Å²) in [7, 11) is 1.90. The Labute approximate surface area is 166 Å². The third-order valence-electron chi connectivity index (χ3n) is 5.35. The first-order valence-electron chi connectivity index (χ1n) is 9.27. The van der Waals surface area contributed by atoms with Crippen molar-refractivity contribution < 1.29 is 9.21 Å². The fourth-order valence-electron chi connectivity index (χ4n) is 3.87. The number of nitrogens with one attached hydrogen (secondary N) is 2. The molecule has 144 valence electrons. The second-order valence-electron chi connectivity index (χ2n) is 7.19. The first kappa shape index (κ1) is 17.2. The summed E-state index contributed by atoms with van der Waals surface area (Å²) in [6.45, 7) is 3.91. The zero-order valence-corrected chi connectivity index (χ0v) is 16.3. The van der Waals surface area contributed by atoms with Crippen molar-refractivity contribution in [1.82, 2.24) is 20.0 Å². The number of benzene rings is 2. The van der Waals surface area contributed by atoms with E-state index in [2.05, 4.69) is 20.6 Å². The number of carbonyl (C=O) groups is 1. The number of anilines is 1. The van der Waals surface area contributed by atoms with Gasteiger partial charge in [0.25, 0.3) is 5.91 Å². The van der Waals surface area contributed by atoms with Gasteiger partial charge in [0.15, 0.2) is 0 Å². The van der Waals surface area contributed by atoms with Crippen LogP contribution in [-0.4, -0.2) is 25.9 Å². The molecule has 0 aliphatic carbocycles. The monoisotopic (exact) mass is 385 g/mol. The molecular formula is C22H19N5O2. The zero-order chi connectivity index (χ0) is 20.1. The van der Waals surface area contributed by atoms with Crippen LogP contribution in [0.15, 0.2) is 53.5 Å². The van der Waals surface area contributed by atoms with E-state index in [9.17, 15) is 4.79 Å². The Kier molecular flexibility index (Phi) is 3.77. The van der Waals surface area contributed by atoms with Crippen molar-refractivity contribution in [2.45, 2.75) is 13.8 Å². The van der Waals surface area contributed by atoms with Gasteiger partial charge in [-0.3, -0.25) is 14.6 Å². The van der Waals surface area contributed by atoms with Crippen molar-refractivity contribution in [2.24, 2.45) is 7.05 Å². The van der Waals surface area contributed by atoms with Crippen LogP contribution in [-0.2, 0) is 7.05 Å². The number of carbonyl (C=O) groups excluding carboxylic acids is 1.